The Balaban J connectivity index is 1.92. The number of nitrogens with one attached hydrogen (secondary N) is 1. The zero-order chi connectivity index (χ0) is 13.9. The molecule has 1 aromatic heterocycles. The van der Waals surface area contributed by atoms with Crippen molar-refractivity contribution in [1.29, 1.82) is 0 Å². The number of fused-ring (bicyclic) bond motifs is 1. The van der Waals surface area contributed by atoms with Gasteiger partial charge in [0.15, 0.2) is 0 Å². The second-order valence-electron chi connectivity index (χ2n) is 4.42. The average molecular weight is 264 g/mol. The van der Waals surface area contributed by atoms with Crippen LogP contribution >= 0.6 is 0 Å². The standard InChI is InChI=1S/C16H12N2O2/c19-16(20)12-3-1-5-13(10-12)18-14-6-7-15-11(9-14)4-2-8-17-15/h1-10,18H,(H,19,20). The van der Waals surface area contributed by atoms with Crippen molar-refractivity contribution in [2.75, 3.05) is 5.32 Å². The Bertz CT molecular complexity index is 784. The summed E-state index contributed by atoms with van der Waals surface area (Å²) in [6, 6.07) is 16.4. The first-order valence-electron chi connectivity index (χ1n) is 6.17. The molecule has 3 aromatic rings. The van der Waals surface area contributed by atoms with Crippen molar-refractivity contribution >= 4 is 28.2 Å². The highest BCUT2D eigenvalue weighted by Gasteiger charge is 2.03. The van der Waals surface area contributed by atoms with Crippen LogP contribution in [0.25, 0.3) is 10.9 Å². The SMILES string of the molecule is O=C(O)c1cccc(Nc2ccc3ncccc3c2)c1. The fraction of sp³-hybridized carbons (Fsp3) is 0. The second-order valence-corrected chi connectivity index (χ2v) is 4.42. The second kappa shape index (κ2) is 5.01. The fourth-order valence-corrected chi connectivity index (χ4v) is 2.05. The lowest BCUT2D eigenvalue weighted by Crippen LogP contribution is -1.97. The van der Waals surface area contributed by atoms with E-state index in [4.69, 9.17) is 5.11 Å². The first-order chi connectivity index (χ1) is 9.72. The zero-order valence-electron chi connectivity index (χ0n) is 10.6. The van der Waals surface area contributed by atoms with Crippen LogP contribution in [0.1, 0.15) is 10.4 Å². The fourth-order valence-electron chi connectivity index (χ4n) is 2.05. The largest absolute Gasteiger partial charge is 0.478 e. The van der Waals surface area contributed by atoms with E-state index in [2.05, 4.69) is 10.3 Å². The van der Waals surface area contributed by atoms with Crippen molar-refractivity contribution in [2.45, 2.75) is 0 Å². The van der Waals surface area contributed by atoms with E-state index in [0.29, 0.717) is 0 Å². The minimum Gasteiger partial charge on any atom is -0.478 e. The van der Waals surface area contributed by atoms with Gasteiger partial charge >= 0.3 is 5.97 Å². The lowest BCUT2D eigenvalue weighted by Gasteiger charge is -2.08. The molecule has 0 aliphatic carbocycles. The van der Waals surface area contributed by atoms with Crippen molar-refractivity contribution in [1.82, 2.24) is 4.98 Å². The molecule has 1 heterocycles. The van der Waals surface area contributed by atoms with E-state index >= 15 is 0 Å². The van der Waals surface area contributed by atoms with Gasteiger partial charge < -0.3 is 10.4 Å². The molecule has 0 bridgehead atoms. The Morgan fingerprint density at radius 2 is 1.85 bits per heavy atom. The Morgan fingerprint density at radius 1 is 1.00 bits per heavy atom. The highest BCUT2D eigenvalue weighted by molar-refractivity contribution is 5.89. The molecule has 0 spiro atoms. The van der Waals surface area contributed by atoms with Crippen LogP contribution in [0.3, 0.4) is 0 Å². The average Bonchev–Trinajstić information content (AvgIpc) is 2.47. The molecule has 0 aliphatic heterocycles. The number of hydrogen-bond donors (Lipinski definition) is 2. The number of hydrogen-bond acceptors (Lipinski definition) is 3. The lowest BCUT2D eigenvalue weighted by atomic mass is 10.1. The van der Waals surface area contributed by atoms with E-state index in [1.807, 2.05) is 36.4 Å². The molecule has 2 aromatic carbocycles. The van der Waals surface area contributed by atoms with Gasteiger partial charge in [0.05, 0.1) is 11.1 Å². The maximum atomic E-state index is 10.9. The molecular formula is C16H12N2O2. The molecule has 0 unspecified atom stereocenters. The molecular weight excluding hydrogens is 252 g/mol. The van der Waals surface area contributed by atoms with Gasteiger partial charge in [-0.25, -0.2) is 4.79 Å². The third-order valence-corrected chi connectivity index (χ3v) is 3.00. The molecule has 98 valence electrons. The van der Waals surface area contributed by atoms with Gasteiger partial charge in [0.1, 0.15) is 0 Å². The van der Waals surface area contributed by atoms with Gasteiger partial charge in [0.25, 0.3) is 0 Å². The topological polar surface area (TPSA) is 62.2 Å². The summed E-state index contributed by atoms with van der Waals surface area (Å²) in [5.74, 6) is -0.934. The molecule has 2 N–H and O–H groups in total. The van der Waals surface area contributed by atoms with E-state index in [1.54, 1.807) is 24.4 Å². The molecule has 0 saturated carbocycles. The summed E-state index contributed by atoms with van der Waals surface area (Å²) in [6.07, 6.45) is 1.76. The predicted molar refractivity (Wildman–Crippen MR) is 78.4 cm³/mol. The highest BCUT2D eigenvalue weighted by Crippen LogP contribution is 2.21. The van der Waals surface area contributed by atoms with Crippen LogP contribution in [-0.4, -0.2) is 16.1 Å². The van der Waals surface area contributed by atoms with Crippen molar-refractivity contribution in [2.24, 2.45) is 0 Å². The first kappa shape index (κ1) is 12.2. The van der Waals surface area contributed by atoms with Crippen LogP contribution in [-0.2, 0) is 0 Å². The molecule has 0 amide bonds. The normalized spacial score (nSPS) is 10.4. The number of aromatic nitrogens is 1. The number of aromatic carboxylic acids is 1. The number of rotatable bonds is 3. The maximum absolute atomic E-state index is 10.9. The Morgan fingerprint density at radius 3 is 2.70 bits per heavy atom. The van der Waals surface area contributed by atoms with E-state index in [1.165, 1.54) is 0 Å². The number of benzene rings is 2. The molecule has 0 fully saturated rings. The van der Waals surface area contributed by atoms with E-state index in [-0.39, 0.29) is 5.56 Å². The number of carboxylic acids is 1. The summed E-state index contributed by atoms with van der Waals surface area (Å²) in [7, 11) is 0. The third-order valence-electron chi connectivity index (χ3n) is 3.00. The van der Waals surface area contributed by atoms with E-state index in [9.17, 15) is 4.79 Å². The van der Waals surface area contributed by atoms with Crippen molar-refractivity contribution in [3.63, 3.8) is 0 Å². The summed E-state index contributed by atoms with van der Waals surface area (Å²) < 4.78 is 0. The molecule has 4 nitrogen and oxygen atoms in total. The van der Waals surface area contributed by atoms with Crippen molar-refractivity contribution in [3.8, 4) is 0 Å². The first-order valence-corrected chi connectivity index (χ1v) is 6.17. The molecule has 0 aliphatic rings. The van der Waals surface area contributed by atoms with E-state index < -0.39 is 5.97 Å². The monoisotopic (exact) mass is 264 g/mol. The number of carboxylic acid groups (broad SMARTS) is 1. The van der Waals surface area contributed by atoms with Gasteiger partial charge in [0.2, 0.25) is 0 Å². The van der Waals surface area contributed by atoms with Gasteiger partial charge in [-0.15, -0.1) is 0 Å². The highest BCUT2D eigenvalue weighted by atomic mass is 16.4. The molecule has 20 heavy (non-hydrogen) atoms. The van der Waals surface area contributed by atoms with Crippen LogP contribution in [0, 0.1) is 0 Å². The van der Waals surface area contributed by atoms with Crippen LogP contribution < -0.4 is 5.32 Å². The Kier molecular flexibility index (Phi) is 3.05. The number of nitrogens with zero attached hydrogens (tertiary/aromatic N) is 1. The number of anilines is 2. The zero-order valence-corrected chi connectivity index (χ0v) is 10.6. The summed E-state index contributed by atoms with van der Waals surface area (Å²) in [5, 5.41) is 13.2. The smallest absolute Gasteiger partial charge is 0.335 e. The number of carbonyl (C=O) groups is 1. The molecule has 0 atom stereocenters. The quantitative estimate of drug-likeness (QED) is 0.757. The molecule has 0 saturated heterocycles. The van der Waals surface area contributed by atoms with Crippen molar-refractivity contribution in [3.05, 3.63) is 66.4 Å². The summed E-state index contributed by atoms with van der Waals surface area (Å²) in [6.45, 7) is 0. The van der Waals surface area contributed by atoms with Gasteiger partial charge in [-0.2, -0.15) is 0 Å². The van der Waals surface area contributed by atoms with Gasteiger partial charge in [0, 0.05) is 23.0 Å². The summed E-state index contributed by atoms with van der Waals surface area (Å²) in [4.78, 5) is 15.2. The van der Waals surface area contributed by atoms with Crippen LogP contribution in [0.15, 0.2) is 60.8 Å². The van der Waals surface area contributed by atoms with Crippen LogP contribution in [0.4, 0.5) is 11.4 Å². The van der Waals surface area contributed by atoms with Gasteiger partial charge in [-0.1, -0.05) is 12.1 Å². The van der Waals surface area contributed by atoms with Crippen molar-refractivity contribution < 1.29 is 9.90 Å². The minimum atomic E-state index is -0.934. The minimum absolute atomic E-state index is 0.262. The molecule has 3 rings (SSSR count). The predicted octanol–water partition coefficient (Wildman–Crippen LogP) is 3.68. The lowest BCUT2D eigenvalue weighted by molar-refractivity contribution is 0.0697. The Labute approximate surface area is 115 Å². The number of pyridine rings is 1. The molecule has 4 heteroatoms. The third kappa shape index (κ3) is 2.44. The molecule has 0 radical (unpaired) electrons. The Hall–Kier alpha value is -2.88. The summed E-state index contributed by atoms with van der Waals surface area (Å²) >= 11 is 0. The van der Waals surface area contributed by atoms with Crippen LogP contribution in [0.2, 0.25) is 0 Å². The van der Waals surface area contributed by atoms with Gasteiger partial charge in [-0.05, 0) is 42.5 Å². The maximum Gasteiger partial charge on any atom is 0.335 e. The van der Waals surface area contributed by atoms with E-state index in [0.717, 1.165) is 22.3 Å². The van der Waals surface area contributed by atoms with Gasteiger partial charge in [-0.3, -0.25) is 4.98 Å². The van der Waals surface area contributed by atoms with Crippen LogP contribution in [0.5, 0.6) is 0 Å². The summed E-state index contributed by atoms with van der Waals surface area (Å²) in [5.41, 5.74) is 2.83.